The number of fused-ring (bicyclic) bond motifs is 1. The zero-order valence-electron chi connectivity index (χ0n) is 28.1. The van der Waals surface area contributed by atoms with Crippen LogP contribution >= 0.6 is 0 Å². The lowest BCUT2D eigenvalue weighted by atomic mass is 9.90. The highest BCUT2D eigenvalue weighted by Gasteiger charge is 2.28. The van der Waals surface area contributed by atoms with E-state index in [0.717, 1.165) is 76.1 Å². The van der Waals surface area contributed by atoms with Crippen molar-refractivity contribution in [2.24, 2.45) is 0 Å². The van der Waals surface area contributed by atoms with E-state index >= 15 is 0 Å². The Hall–Kier alpha value is -4.97. The van der Waals surface area contributed by atoms with Crippen LogP contribution in [0.4, 0.5) is 17.5 Å². The van der Waals surface area contributed by atoms with Crippen molar-refractivity contribution in [3.05, 3.63) is 81.4 Å². The Morgan fingerprint density at radius 1 is 0.939 bits per heavy atom. The van der Waals surface area contributed by atoms with Crippen LogP contribution in [0, 0.1) is 6.92 Å². The number of benzene rings is 1. The fraction of sp³-hybridized carbons (Fsp3) is 0.432. The first-order valence-electron chi connectivity index (χ1n) is 17.3. The molecular formula is C37H42N8O4. The highest BCUT2D eigenvalue weighted by molar-refractivity contribution is 6.01. The van der Waals surface area contributed by atoms with E-state index in [1.165, 1.54) is 12.5 Å². The van der Waals surface area contributed by atoms with E-state index in [-0.39, 0.29) is 40.7 Å². The maximum absolute atomic E-state index is 13.5. The molecule has 4 aromatic rings. The van der Waals surface area contributed by atoms with E-state index in [1.807, 2.05) is 30.5 Å². The number of Topliss-reactive ketones (excluding diaryl/α,β-unsaturated/α-hetero) is 1. The average Bonchev–Trinajstić information content (AvgIpc) is 3.63. The van der Waals surface area contributed by atoms with E-state index in [2.05, 4.69) is 42.5 Å². The molecule has 3 fully saturated rings. The molecule has 3 aromatic heterocycles. The number of nitrogens with one attached hydrogen (secondary N) is 2. The van der Waals surface area contributed by atoms with Crippen LogP contribution in [0.5, 0.6) is 0 Å². The Bertz CT molecular complexity index is 1940. The summed E-state index contributed by atoms with van der Waals surface area (Å²) in [7, 11) is 0. The van der Waals surface area contributed by atoms with Crippen LogP contribution < -0.4 is 21.1 Å². The van der Waals surface area contributed by atoms with Crippen LogP contribution in [-0.4, -0.2) is 74.7 Å². The molecule has 12 heteroatoms. The number of aromatic nitrogens is 4. The fourth-order valence-electron chi connectivity index (χ4n) is 7.52. The van der Waals surface area contributed by atoms with E-state index in [9.17, 15) is 19.2 Å². The number of imide groups is 1. The number of hydrogen-bond donors (Lipinski definition) is 2. The lowest BCUT2D eigenvalue weighted by Gasteiger charge is -2.36. The summed E-state index contributed by atoms with van der Waals surface area (Å²) in [6.45, 7) is 7.90. The van der Waals surface area contributed by atoms with E-state index < -0.39 is 0 Å². The van der Waals surface area contributed by atoms with Crippen molar-refractivity contribution in [3.8, 4) is 0 Å². The number of aryl methyl sites for hydroxylation is 1. The van der Waals surface area contributed by atoms with Gasteiger partial charge in [-0.2, -0.15) is 4.98 Å². The number of pyridine rings is 2. The molecule has 49 heavy (non-hydrogen) atoms. The number of ketones is 1. The Morgan fingerprint density at radius 3 is 2.37 bits per heavy atom. The average molecular weight is 663 g/mol. The molecule has 1 aromatic carbocycles. The summed E-state index contributed by atoms with van der Waals surface area (Å²) < 4.78 is 1.72. The summed E-state index contributed by atoms with van der Waals surface area (Å²) in [5.41, 5.74) is 4.38. The molecule has 2 aliphatic heterocycles. The van der Waals surface area contributed by atoms with Crippen molar-refractivity contribution in [3.63, 3.8) is 0 Å². The van der Waals surface area contributed by atoms with Crippen molar-refractivity contribution in [2.75, 3.05) is 42.9 Å². The van der Waals surface area contributed by atoms with Gasteiger partial charge in [-0.3, -0.25) is 34.0 Å². The highest BCUT2D eigenvalue weighted by atomic mass is 16.2. The van der Waals surface area contributed by atoms with Crippen molar-refractivity contribution in [2.45, 2.75) is 70.8 Å². The summed E-state index contributed by atoms with van der Waals surface area (Å²) in [6.07, 6.45) is 9.32. The van der Waals surface area contributed by atoms with Crippen molar-refractivity contribution in [1.82, 2.24) is 29.7 Å². The standard InChI is InChI=1S/C37H42N8O4/c1-23-30-22-39-37(42-34(30)45(27-5-3-4-6-27)36(49)33(23)24(2)46)40-31-13-11-28(21-38-31)44-19-17-43(18-20-44)16-15-25-7-9-26(10-8-25)29-12-14-32(47)41-35(29)48/h7-11,13,21-22,27,29H,3-6,12,14-20H2,1-2H3,(H,41,47,48)(H,38,39,40,42). The largest absolute Gasteiger partial charge is 0.368 e. The zero-order valence-corrected chi connectivity index (χ0v) is 28.1. The van der Waals surface area contributed by atoms with Gasteiger partial charge in [0.2, 0.25) is 17.8 Å². The molecule has 2 amide bonds. The van der Waals surface area contributed by atoms with Crippen molar-refractivity contribution >= 4 is 46.1 Å². The van der Waals surface area contributed by atoms with Crippen molar-refractivity contribution in [1.29, 1.82) is 0 Å². The van der Waals surface area contributed by atoms with Crippen molar-refractivity contribution < 1.29 is 14.4 Å². The van der Waals surface area contributed by atoms with E-state index in [0.29, 0.717) is 41.2 Å². The predicted octanol–water partition coefficient (Wildman–Crippen LogP) is 4.44. The summed E-state index contributed by atoms with van der Waals surface area (Å²) in [4.78, 5) is 68.3. The second kappa shape index (κ2) is 13.9. The maximum Gasteiger partial charge on any atom is 0.263 e. The predicted molar refractivity (Wildman–Crippen MR) is 187 cm³/mol. The van der Waals surface area contributed by atoms with Gasteiger partial charge in [-0.05, 0) is 68.4 Å². The third kappa shape index (κ3) is 6.82. The van der Waals surface area contributed by atoms with Gasteiger partial charge in [-0.1, -0.05) is 37.1 Å². The molecule has 254 valence electrons. The number of carbonyl (C=O) groups excluding carboxylic acids is 3. The third-order valence-electron chi connectivity index (χ3n) is 10.3. The molecule has 1 saturated carbocycles. The molecule has 0 bridgehead atoms. The molecular weight excluding hydrogens is 620 g/mol. The zero-order chi connectivity index (χ0) is 34.1. The van der Waals surface area contributed by atoms with Gasteiger partial charge in [0.25, 0.3) is 5.56 Å². The van der Waals surface area contributed by atoms with Gasteiger partial charge in [0, 0.05) is 56.8 Å². The normalized spacial score (nSPS) is 19.0. The topological polar surface area (TPSA) is 142 Å². The number of rotatable bonds is 9. The van der Waals surface area contributed by atoms with Gasteiger partial charge in [0.05, 0.1) is 23.4 Å². The monoisotopic (exact) mass is 662 g/mol. The molecule has 1 atom stereocenters. The second-order valence-electron chi connectivity index (χ2n) is 13.5. The molecule has 0 radical (unpaired) electrons. The number of piperazine rings is 1. The SMILES string of the molecule is CC(=O)c1c(C)c2cnc(Nc3ccc(N4CCN(CCc5ccc(C6CCC(=O)NC6=O)cc5)CC4)cn3)nc2n(C2CCCC2)c1=O. The minimum atomic E-state index is -0.266. The van der Waals surface area contributed by atoms with E-state index in [1.54, 1.807) is 17.7 Å². The molecule has 5 heterocycles. The molecule has 7 rings (SSSR count). The highest BCUT2D eigenvalue weighted by Crippen LogP contribution is 2.32. The lowest BCUT2D eigenvalue weighted by molar-refractivity contribution is -0.134. The smallest absolute Gasteiger partial charge is 0.263 e. The first kappa shape index (κ1) is 32.6. The number of amides is 2. The summed E-state index contributed by atoms with van der Waals surface area (Å²) in [5.74, 6) is 0.0888. The van der Waals surface area contributed by atoms with Gasteiger partial charge >= 0.3 is 0 Å². The molecule has 3 aliphatic rings. The Kier molecular flexibility index (Phi) is 9.22. The maximum atomic E-state index is 13.5. The van der Waals surface area contributed by atoms with Crippen LogP contribution in [0.3, 0.4) is 0 Å². The molecule has 1 unspecified atom stereocenters. The first-order chi connectivity index (χ1) is 23.7. The summed E-state index contributed by atoms with van der Waals surface area (Å²) in [6, 6.07) is 12.2. The Balaban J connectivity index is 0.953. The van der Waals surface area contributed by atoms with Crippen LogP contribution in [0.1, 0.15) is 84.5 Å². The minimum Gasteiger partial charge on any atom is -0.368 e. The molecule has 2 N–H and O–H groups in total. The lowest BCUT2D eigenvalue weighted by Crippen LogP contribution is -2.47. The number of nitrogens with zero attached hydrogens (tertiary/aromatic N) is 6. The van der Waals surface area contributed by atoms with Gasteiger partial charge in [0.15, 0.2) is 5.78 Å². The number of anilines is 3. The van der Waals surface area contributed by atoms with Gasteiger partial charge in [0.1, 0.15) is 11.5 Å². The van der Waals surface area contributed by atoms with E-state index in [4.69, 9.17) is 4.98 Å². The molecule has 0 spiro atoms. The third-order valence-corrected chi connectivity index (χ3v) is 10.3. The van der Waals surface area contributed by atoms with Gasteiger partial charge < -0.3 is 10.2 Å². The summed E-state index contributed by atoms with van der Waals surface area (Å²) in [5, 5.41) is 6.37. The molecule has 2 saturated heterocycles. The number of piperidine rings is 1. The minimum absolute atomic E-state index is 0.0211. The number of carbonyl (C=O) groups is 3. The Morgan fingerprint density at radius 2 is 1.69 bits per heavy atom. The number of hydrogen-bond acceptors (Lipinski definition) is 10. The molecule has 12 nitrogen and oxygen atoms in total. The fourth-order valence-corrected chi connectivity index (χ4v) is 7.52. The van der Waals surface area contributed by atoms with Crippen LogP contribution in [-0.2, 0) is 16.0 Å². The van der Waals surface area contributed by atoms with Crippen LogP contribution in [0.25, 0.3) is 11.0 Å². The van der Waals surface area contributed by atoms with Gasteiger partial charge in [-0.15, -0.1) is 0 Å². The Labute approximate surface area is 284 Å². The van der Waals surface area contributed by atoms with Gasteiger partial charge in [-0.25, -0.2) is 9.97 Å². The molecule has 1 aliphatic carbocycles. The quantitative estimate of drug-likeness (QED) is 0.195. The summed E-state index contributed by atoms with van der Waals surface area (Å²) >= 11 is 0. The van der Waals surface area contributed by atoms with Crippen LogP contribution in [0.15, 0.2) is 53.6 Å². The first-order valence-corrected chi connectivity index (χ1v) is 17.3. The van der Waals surface area contributed by atoms with Crippen LogP contribution in [0.2, 0.25) is 0 Å². The second-order valence-corrected chi connectivity index (χ2v) is 13.5.